The number of fused-ring (bicyclic) bond motifs is 1. The Balaban J connectivity index is 1.52. The summed E-state index contributed by atoms with van der Waals surface area (Å²) in [5.74, 6) is 0.799. The second-order valence-electron chi connectivity index (χ2n) is 6.15. The van der Waals surface area contributed by atoms with Crippen LogP contribution >= 0.6 is 0 Å². The number of carbonyl (C=O) groups is 1. The van der Waals surface area contributed by atoms with E-state index in [4.69, 9.17) is 4.74 Å². The maximum atomic E-state index is 12.1. The number of carbonyl (C=O) groups excluding carboxylic acids is 1. The highest BCUT2D eigenvalue weighted by Crippen LogP contribution is 2.30. The summed E-state index contributed by atoms with van der Waals surface area (Å²) >= 11 is 0. The fraction of sp³-hybridized carbons (Fsp3) is 0.350. The van der Waals surface area contributed by atoms with Crippen LogP contribution in [0.1, 0.15) is 35.4 Å². The Hall–Kier alpha value is -2.33. The maximum absolute atomic E-state index is 12.1. The zero-order chi connectivity index (χ0) is 16.8. The summed E-state index contributed by atoms with van der Waals surface area (Å²) in [6, 6.07) is 15.7. The third kappa shape index (κ3) is 3.95. The minimum atomic E-state index is -0.134. The van der Waals surface area contributed by atoms with Crippen molar-refractivity contribution in [2.24, 2.45) is 0 Å². The van der Waals surface area contributed by atoms with Crippen molar-refractivity contribution in [2.45, 2.75) is 31.8 Å². The first kappa shape index (κ1) is 16.5. The number of nitrogens with one attached hydrogen (secondary N) is 1. The van der Waals surface area contributed by atoms with Gasteiger partial charge in [0, 0.05) is 18.0 Å². The Morgan fingerprint density at radius 1 is 1.17 bits per heavy atom. The molecule has 2 N–H and O–H groups in total. The van der Waals surface area contributed by atoms with E-state index in [-0.39, 0.29) is 19.1 Å². The molecule has 4 nitrogen and oxygen atoms in total. The van der Waals surface area contributed by atoms with Crippen LogP contribution in [0.3, 0.4) is 0 Å². The van der Waals surface area contributed by atoms with Crippen molar-refractivity contribution >= 4 is 5.91 Å². The van der Waals surface area contributed by atoms with Gasteiger partial charge in [-0.1, -0.05) is 42.5 Å². The number of ether oxygens (including phenoxy) is 1. The lowest BCUT2D eigenvalue weighted by Gasteiger charge is -2.25. The van der Waals surface area contributed by atoms with Gasteiger partial charge in [-0.05, 0) is 36.5 Å². The number of benzene rings is 2. The number of amides is 1. The zero-order valence-electron chi connectivity index (χ0n) is 13.7. The molecule has 0 unspecified atom stereocenters. The molecule has 0 saturated carbocycles. The fourth-order valence-corrected chi connectivity index (χ4v) is 3.27. The Morgan fingerprint density at radius 2 is 1.96 bits per heavy atom. The van der Waals surface area contributed by atoms with Crippen LogP contribution in [0.4, 0.5) is 0 Å². The number of hydrogen-bond acceptors (Lipinski definition) is 3. The topological polar surface area (TPSA) is 58.6 Å². The summed E-state index contributed by atoms with van der Waals surface area (Å²) in [7, 11) is 0. The van der Waals surface area contributed by atoms with E-state index < -0.39 is 0 Å². The molecular formula is C20H23NO3. The fourth-order valence-electron chi connectivity index (χ4n) is 3.27. The average Bonchev–Trinajstić information content (AvgIpc) is 2.64. The van der Waals surface area contributed by atoms with E-state index in [0.717, 1.165) is 19.3 Å². The summed E-state index contributed by atoms with van der Waals surface area (Å²) in [4.78, 5) is 12.1. The third-order valence-electron chi connectivity index (χ3n) is 4.54. The van der Waals surface area contributed by atoms with Crippen LogP contribution in [0.5, 0.6) is 5.75 Å². The van der Waals surface area contributed by atoms with Gasteiger partial charge < -0.3 is 15.2 Å². The molecule has 126 valence electrons. The highest BCUT2D eigenvalue weighted by atomic mass is 16.5. The molecule has 0 aliphatic heterocycles. The Morgan fingerprint density at radius 3 is 2.83 bits per heavy atom. The van der Waals surface area contributed by atoms with Gasteiger partial charge in [-0.15, -0.1) is 0 Å². The molecule has 0 aromatic heterocycles. The molecule has 1 amide bonds. The third-order valence-corrected chi connectivity index (χ3v) is 4.54. The number of rotatable bonds is 6. The van der Waals surface area contributed by atoms with Gasteiger partial charge in [-0.2, -0.15) is 0 Å². The highest BCUT2D eigenvalue weighted by Gasteiger charge is 2.20. The molecule has 0 spiro atoms. The SMILES string of the molecule is O=C(COc1ccccc1CO)NC[C@@H]1CCCc2ccccc21. The number of aliphatic hydroxyl groups excluding tert-OH is 1. The molecule has 0 fully saturated rings. The summed E-state index contributed by atoms with van der Waals surface area (Å²) in [5.41, 5.74) is 3.44. The molecule has 1 aliphatic carbocycles. The Labute approximate surface area is 142 Å². The maximum Gasteiger partial charge on any atom is 0.257 e. The Kier molecular flexibility index (Phi) is 5.49. The molecule has 4 heteroatoms. The van der Waals surface area contributed by atoms with Crippen molar-refractivity contribution in [3.63, 3.8) is 0 Å². The van der Waals surface area contributed by atoms with Crippen molar-refractivity contribution in [2.75, 3.05) is 13.2 Å². The Bertz CT molecular complexity index is 699. The first-order chi connectivity index (χ1) is 11.8. The van der Waals surface area contributed by atoms with E-state index >= 15 is 0 Å². The number of para-hydroxylation sites is 1. The van der Waals surface area contributed by atoms with Gasteiger partial charge in [0.05, 0.1) is 6.61 Å². The monoisotopic (exact) mass is 325 g/mol. The minimum Gasteiger partial charge on any atom is -0.483 e. The van der Waals surface area contributed by atoms with E-state index in [1.807, 2.05) is 12.1 Å². The zero-order valence-corrected chi connectivity index (χ0v) is 13.7. The lowest BCUT2D eigenvalue weighted by atomic mass is 9.83. The molecule has 2 aromatic rings. The molecule has 1 aliphatic rings. The van der Waals surface area contributed by atoms with Crippen molar-refractivity contribution in [1.29, 1.82) is 0 Å². The van der Waals surface area contributed by atoms with Crippen molar-refractivity contribution in [1.82, 2.24) is 5.32 Å². The van der Waals surface area contributed by atoms with Crippen molar-refractivity contribution in [3.05, 3.63) is 65.2 Å². The smallest absolute Gasteiger partial charge is 0.257 e. The van der Waals surface area contributed by atoms with E-state index in [9.17, 15) is 9.90 Å². The van der Waals surface area contributed by atoms with E-state index in [0.29, 0.717) is 23.8 Å². The lowest BCUT2D eigenvalue weighted by Crippen LogP contribution is -2.33. The molecule has 24 heavy (non-hydrogen) atoms. The standard InChI is InChI=1S/C20H23NO3/c22-13-17-7-2-4-11-19(17)24-14-20(23)21-12-16-9-5-8-15-6-1-3-10-18(15)16/h1-4,6-7,10-11,16,22H,5,8-9,12-14H2,(H,21,23)/t16-/m0/s1. The van der Waals surface area contributed by atoms with Gasteiger partial charge in [0.25, 0.3) is 5.91 Å². The number of aryl methyl sites for hydroxylation is 1. The van der Waals surface area contributed by atoms with Crippen LogP contribution in [0.2, 0.25) is 0 Å². The van der Waals surface area contributed by atoms with Crippen molar-refractivity contribution in [3.8, 4) is 5.75 Å². The van der Waals surface area contributed by atoms with Gasteiger partial charge in [0.1, 0.15) is 5.75 Å². The quantitative estimate of drug-likeness (QED) is 0.858. The van der Waals surface area contributed by atoms with E-state index in [2.05, 4.69) is 29.6 Å². The van der Waals surface area contributed by atoms with Crippen molar-refractivity contribution < 1.29 is 14.6 Å². The summed E-state index contributed by atoms with van der Waals surface area (Å²) < 4.78 is 5.53. The van der Waals surface area contributed by atoms with Gasteiger partial charge in [0.15, 0.2) is 6.61 Å². The number of hydrogen-bond donors (Lipinski definition) is 2. The molecule has 0 radical (unpaired) electrons. The van der Waals surface area contributed by atoms with Gasteiger partial charge in [-0.3, -0.25) is 4.79 Å². The van der Waals surface area contributed by atoms with Gasteiger partial charge in [0.2, 0.25) is 0 Å². The molecule has 0 saturated heterocycles. The van der Waals surface area contributed by atoms with Crippen LogP contribution in [0.15, 0.2) is 48.5 Å². The second-order valence-corrected chi connectivity index (χ2v) is 6.15. The first-order valence-corrected chi connectivity index (χ1v) is 8.44. The highest BCUT2D eigenvalue weighted by molar-refractivity contribution is 5.77. The molecule has 0 heterocycles. The first-order valence-electron chi connectivity index (χ1n) is 8.44. The molecule has 0 bridgehead atoms. The lowest BCUT2D eigenvalue weighted by molar-refractivity contribution is -0.123. The average molecular weight is 325 g/mol. The molecule has 2 aromatic carbocycles. The van der Waals surface area contributed by atoms with Crippen LogP contribution in [0.25, 0.3) is 0 Å². The summed E-state index contributed by atoms with van der Waals surface area (Å²) in [6.45, 7) is 0.503. The van der Waals surface area contributed by atoms with Crippen LogP contribution in [0, 0.1) is 0 Å². The molecular weight excluding hydrogens is 302 g/mol. The van der Waals surface area contributed by atoms with Crippen LogP contribution in [-0.4, -0.2) is 24.2 Å². The van der Waals surface area contributed by atoms with Gasteiger partial charge in [-0.25, -0.2) is 0 Å². The number of aliphatic hydroxyl groups is 1. The minimum absolute atomic E-state index is 0.0363. The largest absolute Gasteiger partial charge is 0.483 e. The normalized spacial score (nSPS) is 16.3. The van der Waals surface area contributed by atoms with E-state index in [1.165, 1.54) is 11.1 Å². The van der Waals surface area contributed by atoms with E-state index in [1.54, 1.807) is 12.1 Å². The molecule has 3 rings (SSSR count). The summed E-state index contributed by atoms with van der Waals surface area (Å²) in [5, 5.41) is 12.2. The predicted octanol–water partition coefficient (Wildman–Crippen LogP) is 2.79. The summed E-state index contributed by atoms with van der Waals surface area (Å²) in [6.07, 6.45) is 3.39. The van der Waals surface area contributed by atoms with Crippen LogP contribution in [-0.2, 0) is 17.8 Å². The van der Waals surface area contributed by atoms with Crippen LogP contribution < -0.4 is 10.1 Å². The van der Waals surface area contributed by atoms with Gasteiger partial charge >= 0.3 is 0 Å². The predicted molar refractivity (Wildman–Crippen MR) is 93.0 cm³/mol. The second kappa shape index (κ2) is 7.97. The molecule has 1 atom stereocenters.